The smallest absolute Gasteiger partial charge is 0.0655 e. The predicted octanol–water partition coefficient (Wildman–Crippen LogP) is 2.68. The minimum Gasteiger partial charge on any atom is -0.378 e. The summed E-state index contributed by atoms with van der Waals surface area (Å²) < 4.78 is 5.74. The molecule has 1 aliphatic rings. The molecular weight excluding hydrogens is 224 g/mol. The molecule has 18 heavy (non-hydrogen) atoms. The van der Waals surface area contributed by atoms with E-state index in [0.717, 1.165) is 31.0 Å². The fraction of sp³-hybridized carbons (Fsp3) is 0.667. The molecule has 0 saturated heterocycles. The molecule has 1 aromatic heterocycles. The maximum atomic E-state index is 5.74. The van der Waals surface area contributed by atoms with Gasteiger partial charge in [0.2, 0.25) is 0 Å². The van der Waals surface area contributed by atoms with E-state index in [4.69, 9.17) is 4.74 Å². The first-order chi connectivity index (χ1) is 8.54. The van der Waals surface area contributed by atoms with Gasteiger partial charge in [-0.1, -0.05) is 19.9 Å². The largest absolute Gasteiger partial charge is 0.378 e. The van der Waals surface area contributed by atoms with Crippen LogP contribution in [-0.2, 0) is 11.3 Å². The van der Waals surface area contributed by atoms with Crippen molar-refractivity contribution in [3.05, 3.63) is 29.6 Å². The Labute approximate surface area is 110 Å². The van der Waals surface area contributed by atoms with Gasteiger partial charge in [0.15, 0.2) is 0 Å². The van der Waals surface area contributed by atoms with Gasteiger partial charge < -0.3 is 10.1 Å². The number of hydrogen-bond acceptors (Lipinski definition) is 3. The summed E-state index contributed by atoms with van der Waals surface area (Å²) in [6.45, 7) is 10.3. The summed E-state index contributed by atoms with van der Waals surface area (Å²) in [5, 5.41) is 3.60. The standard InChI is InChI=1S/C15H24N2O/c1-5-18-14-9-13(15(14,3)4)16-10-12-8-6-7-11(2)17-12/h6-8,13-14,16H,5,9-10H2,1-4H3. The summed E-state index contributed by atoms with van der Waals surface area (Å²) in [6.07, 6.45) is 1.50. The van der Waals surface area contributed by atoms with Crippen LogP contribution in [0.15, 0.2) is 18.2 Å². The summed E-state index contributed by atoms with van der Waals surface area (Å²) in [6, 6.07) is 6.69. The molecule has 1 saturated carbocycles. The third kappa shape index (κ3) is 2.73. The van der Waals surface area contributed by atoms with E-state index in [1.165, 1.54) is 0 Å². The van der Waals surface area contributed by atoms with Gasteiger partial charge in [-0.05, 0) is 32.4 Å². The van der Waals surface area contributed by atoms with E-state index in [9.17, 15) is 0 Å². The Hall–Kier alpha value is -0.930. The van der Waals surface area contributed by atoms with Crippen molar-refractivity contribution >= 4 is 0 Å². The van der Waals surface area contributed by atoms with Gasteiger partial charge in [0, 0.05) is 30.3 Å². The molecule has 0 bridgehead atoms. The Morgan fingerprint density at radius 1 is 1.44 bits per heavy atom. The van der Waals surface area contributed by atoms with E-state index < -0.39 is 0 Å². The van der Waals surface area contributed by atoms with Crippen LogP contribution in [0.3, 0.4) is 0 Å². The van der Waals surface area contributed by atoms with Crippen LogP contribution in [0, 0.1) is 12.3 Å². The average Bonchev–Trinajstić information content (AvgIpc) is 2.33. The first-order valence-electron chi connectivity index (χ1n) is 6.81. The van der Waals surface area contributed by atoms with E-state index >= 15 is 0 Å². The molecule has 0 aromatic carbocycles. The summed E-state index contributed by atoms with van der Waals surface area (Å²) in [5.74, 6) is 0. The molecule has 0 amide bonds. The summed E-state index contributed by atoms with van der Waals surface area (Å²) >= 11 is 0. The molecule has 1 fully saturated rings. The van der Waals surface area contributed by atoms with Crippen molar-refractivity contribution in [1.29, 1.82) is 0 Å². The third-order valence-corrected chi connectivity index (χ3v) is 4.02. The molecule has 0 aliphatic heterocycles. The zero-order valence-corrected chi connectivity index (χ0v) is 11.9. The monoisotopic (exact) mass is 248 g/mol. The Balaban J connectivity index is 1.85. The van der Waals surface area contributed by atoms with E-state index in [0.29, 0.717) is 12.1 Å². The lowest BCUT2D eigenvalue weighted by molar-refractivity contribution is -0.114. The molecule has 3 heteroatoms. The molecule has 3 nitrogen and oxygen atoms in total. The van der Waals surface area contributed by atoms with E-state index in [-0.39, 0.29) is 5.41 Å². The molecule has 1 heterocycles. The van der Waals surface area contributed by atoms with Gasteiger partial charge in [0.1, 0.15) is 0 Å². The Morgan fingerprint density at radius 3 is 2.83 bits per heavy atom. The second-order valence-corrected chi connectivity index (χ2v) is 5.70. The highest BCUT2D eigenvalue weighted by atomic mass is 16.5. The average molecular weight is 248 g/mol. The van der Waals surface area contributed by atoms with Crippen molar-refractivity contribution in [2.45, 2.75) is 52.8 Å². The highest BCUT2D eigenvalue weighted by Crippen LogP contribution is 2.42. The third-order valence-electron chi connectivity index (χ3n) is 4.02. The topological polar surface area (TPSA) is 34.1 Å². The fourth-order valence-corrected chi connectivity index (χ4v) is 2.64. The maximum absolute atomic E-state index is 5.74. The second-order valence-electron chi connectivity index (χ2n) is 5.70. The highest BCUT2D eigenvalue weighted by molar-refractivity contribution is 5.11. The zero-order chi connectivity index (χ0) is 13.2. The van der Waals surface area contributed by atoms with Crippen molar-refractivity contribution in [3.63, 3.8) is 0 Å². The van der Waals surface area contributed by atoms with Gasteiger partial charge in [0.25, 0.3) is 0 Å². The minimum absolute atomic E-state index is 0.222. The summed E-state index contributed by atoms with van der Waals surface area (Å²) in [4.78, 5) is 4.51. The van der Waals surface area contributed by atoms with Crippen molar-refractivity contribution in [2.24, 2.45) is 5.41 Å². The Bertz CT molecular complexity index is 403. The molecule has 100 valence electrons. The quantitative estimate of drug-likeness (QED) is 0.870. The minimum atomic E-state index is 0.222. The highest BCUT2D eigenvalue weighted by Gasteiger charge is 2.48. The predicted molar refractivity (Wildman–Crippen MR) is 73.4 cm³/mol. The Morgan fingerprint density at radius 2 is 2.22 bits per heavy atom. The molecule has 2 atom stereocenters. The first kappa shape index (κ1) is 13.5. The van der Waals surface area contributed by atoms with Crippen LogP contribution in [0.1, 0.15) is 38.6 Å². The van der Waals surface area contributed by atoms with E-state index in [1.807, 2.05) is 13.0 Å². The molecule has 1 aliphatic carbocycles. The van der Waals surface area contributed by atoms with Crippen LogP contribution in [0.5, 0.6) is 0 Å². The second kappa shape index (κ2) is 5.37. The van der Waals surface area contributed by atoms with Gasteiger partial charge in [0.05, 0.1) is 11.8 Å². The van der Waals surface area contributed by atoms with Crippen LogP contribution in [-0.4, -0.2) is 23.7 Å². The summed E-state index contributed by atoms with van der Waals surface area (Å²) in [5.41, 5.74) is 2.42. The summed E-state index contributed by atoms with van der Waals surface area (Å²) in [7, 11) is 0. The van der Waals surface area contributed by atoms with Crippen LogP contribution in [0.2, 0.25) is 0 Å². The number of aryl methyl sites for hydroxylation is 1. The lowest BCUT2D eigenvalue weighted by Gasteiger charge is -2.51. The number of aromatic nitrogens is 1. The number of nitrogens with zero attached hydrogens (tertiary/aromatic N) is 1. The number of rotatable bonds is 5. The van der Waals surface area contributed by atoms with Crippen LogP contribution >= 0.6 is 0 Å². The molecule has 1 aromatic rings. The number of pyridine rings is 1. The normalized spacial score (nSPS) is 25.8. The van der Waals surface area contributed by atoms with Crippen molar-refractivity contribution in [1.82, 2.24) is 10.3 Å². The molecular formula is C15H24N2O. The number of ether oxygens (including phenoxy) is 1. The lowest BCUT2D eigenvalue weighted by Crippen LogP contribution is -2.60. The first-order valence-corrected chi connectivity index (χ1v) is 6.81. The van der Waals surface area contributed by atoms with Crippen LogP contribution in [0.4, 0.5) is 0 Å². The lowest BCUT2D eigenvalue weighted by atomic mass is 9.64. The fourth-order valence-electron chi connectivity index (χ4n) is 2.64. The van der Waals surface area contributed by atoms with Gasteiger partial charge in [-0.15, -0.1) is 0 Å². The van der Waals surface area contributed by atoms with E-state index in [2.05, 4.69) is 43.2 Å². The van der Waals surface area contributed by atoms with Crippen LogP contribution < -0.4 is 5.32 Å². The van der Waals surface area contributed by atoms with E-state index in [1.54, 1.807) is 0 Å². The van der Waals surface area contributed by atoms with Gasteiger partial charge in [-0.2, -0.15) is 0 Å². The Kier molecular flexibility index (Phi) is 4.03. The number of hydrogen-bond donors (Lipinski definition) is 1. The van der Waals surface area contributed by atoms with Crippen molar-refractivity contribution in [3.8, 4) is 0 Å². The molecule has 0 spiro atoms. The van der Waals surface area contributed by atoms with Gasteiger partial charge in [-0.3, -0.25) is 4.98 Å². The zero-order valence-electron chi connectivity index (χ0n) is 11.9. The molecule has 0 radical (unpaired) electrons. The molecule has 2 unspecified atom stereocenters. The van der Waals surface area contributed by atoms with Crippen molar-refractivity contribution < 1.29 is 4.74 Å². The maximum Gasteiger partial charge on any atom is 0.0655 e. The molecule has 2 rings (SSSR count). The SMILES string of the molecule is CCOC1CC(NCc2cccc(C)n2)C1(C)C. The van der Waals surface area contributed by atoms with Crippen LogP contribution in [0.25, 0.3) is 0 Å². The van der Waals surface area contributed by atoms with Crippen molar-refractivity contribution in [2.75, 3.05) is 6.61 Å². The van der Waals surface area contributed by atoms with Gasteiger partial charge >= 0.3 is 0 Å². The van der Waals surface area contributed by atoms with Gasteiger partial charge in [-0.25, -0.2) is 0 Å². The number of nitrogens with one attached hydrogen (secondary N) is 1. The molecule has 1 N–H and O–H groups in total.